The van der Waals surface area contributed by atoms with Gasteiger partial charge >= 0.3 is 0 Å². The molecule has 2 nitrogen and oxygen atoms in total. The molecule has 1 heterocycles. The molecule has 2 rings (SSSR count). The van der Waals surface area contributed by atoms with Crippen LogP contribution in [0.25, 0.3) is 10.9 Å². The fourth-order valence-electron chi connectivity index (χ4n) is 1.63. The predicted octanol–water partition coefficient (Wildman–Crippen LogP) is 3.55. The first-order chi connectivity index (χ1) is 7.08. The lowest BCUT2D eigenvalue weighted by molar-refractivity contribution is 0.316. The van der Waals surface area contributed by atoms with Crippen molar-refractivity contribution in [2.75, 3.05) is 14.1 Å². The molecule has 1 aromatic heterocycles. The number of hydrogen-bond acceptors (Lipinski definition) is 1. The Morgan fingerprint density at radius 2 is 2.00 bits per heavy atom. The number of halogens is 1. The Labute approximate surface area is 98.4 Å². The second-order valence-corrected chi connectivity index (χ2v) is 5.01. The number of benzene rings is 1. The Kier molecular flexibility index (Phi) is 2.85. The van der Waals surface area contributed by atoms with Crippen LogP contribution >= 0.6 is 15.9 Å². The van der Waals surface area contributed by atoms with Crippen molar-refractivity contribution in [3.63, 3.8) is 0 Å². The molecule has 1 atom stereocenters. The summed E-state index contributed by atoms with van der Waals surface area (Å²) in [6.07, 6.45) is 0. The highest BCUT2D eigenvalue weighted by atomic mass is 79.9. The van der Waals surface area contributed by atoms with Crippen LogP contribution in [0.3, 0.4) is 0 Å². The molecule has 3 heteroatoms. The summed E-state index contributed by atoms with van der Waals surface area (Å²) in [6, 6.07) is 8.92. The quantitative estimate of drug-likeness (QED) is 0.881. The van der Waals surface area contributed by atoms with Crippen LogP contribution in [0.1, 0.15) is 18.7 Å². The molecule has 0 fully saturated rings. The average Bonchev–Trinajstić information content (AvgIpc) is 2.58. The molecular formula is C12H15BrN2. The summed E-state index contributed by atoms with van der Waals surface area (Å²) in [6.45, 7) is 2.19. The molecule has 0 saturated heterocycles. The maximum absolute atomic E-state index is 3.48. The monoisotopic (exact) mass is 266 g/mol. The van der Waals surface area contributed by atoms with Crippen LogP contribution in [-0.4, -0.2) is 24.0 Å². The highest BCUT2D eigenvalue weighted by molar-refractivity contribution is 9.10. The molecule has 1 aromatic carbocycles. The van der Waals surface area contributed by atoms with Crippen LogP contribution in [0, 0.1) is 0 Å². The highest BCUT2D eigenvalue weighted by Gasteiger charge is 2.10. The van der Waals surface area contributed by atoms with Gasteiger partial charge in [-0.15, -0.1) is 0 Å². The SMILES string of the molecule is CC(c1cc2cc(Br)ccc2[nH]1)N(C)C. The Morgan fingerprint density at radius 3 is 2.67 bits per heavy atom. The zero-order valence-electron chi connectivity index (χ0n) is 9.21. The van der Waals surface area contributed by atoms with Crippen molar-refractivity contribution in [1.29, 1.82) is 0 Å². The summed E-state index contributed by atoms with van der Waals surface area (Å²) in [5.41, 5.74) is 2.45. The lowest BCUT2D eigenvalue weighted by atomic mass is 10.2. The van der Waals surface area contributed by atoms with Crippen LogP contribution in [0.5, 0.6) is 0 Å². The number of nitrogens with one attached hydrogen (secondary N) is 1. The van der Waals surface area contributed by atoms with Crippen molar-refractivity contribution in [1.82, 2.24) is 9.88 Å². The van der Waals surface area contributed by atoms with Gasteiger partial charge in [-0.1, -0.05) is 15.9 Å². The van der Waals surface area contributed by atoms with E-state index in [0.29, 0.717) is 6.04 Å². The predicted molar refractivity (Wildman–Crippen MR) is 68.1 cm³/mol. The first-order valence-electron chi connectivity index (χ1n) is 5.02. The van der Waals surface area contributed by atoms with Gasteiger partial charge in [-0.3, -0.25) is 0 Å². The molecule has 0 aliphatic carbocycles. The summed E-state index contributed by atoms with van der Waals surface area (Å²) in [7, 11) is 4.18. The Balaban J connectivity index is 2.47. The fourth-order valence-corrected chi connectivity index (χ4v) is 2.01. The first kappa shape index (κ1) is 10.7. The highest BCUT2D eigenvalue weighted by Crippen LogP contribution is 2.24. The number of aromatic nitrogens is 1. The van der Waals surface area contributed by atoms with Crippen LogP contribution in [0.2, 0.25) is 0 Å². The van der Waals surface area contributed by atoms with Gasteiger partial charge in [0.1, 0.15) is 0 Å². The molecule has 2 aromatic rings. The van der Waals surface area contributed by atoms with Crippen molar-refractivity contribution in [3.8, 4) is 0 Å². The lowest BCUT2D eigenvalue weighted by Crippen LogP contribution is -2.16. The van der Waals surface area contributed by atoms with Crippen molar-refractivity contribution in [2.45, 2.75) is 13.0 Å². The van der Waals surface area contributed by atoms with E-state index in [2.05, 4.69) is 71.1 Å². The lowest BCUT2D eigenvalue weighted by Gasteiger charge is -2.17. The average molecular weight is 267 g/mol. The van der Waals surface area contributed by atoms with Crippen LogP contribution < -0.4 is 0 Å². The second-order valence-electron chi connectivity index (χ2n) is 4.10. The largest absolute Gasteiger partial charge is 0.357 e. The van der Waals surface area contributed by atoms with Crippen LogP contribution in [0.4, 0.5) is 0 Å². The maximum Gasteiger partial charge on any atom is 0.0464 e. The molecule has 0 aliphatic heterocycles. The number of aromatic amines is 1. The number of hydrogen-bond donors (Lipinski definition) is 1. The van der Waals surface area contributed by atoms with Gasteiger partial charge < -0.3 is 9.88 Å². The zero-order valence-corrected chi connectivity index (χ0v) is 10.8. The number of nitrogens with zero attached hydrogens (tertiary/aromatic N) is 1. The van der Waals surface area contributed by atoms with E-state index in [4.69, 9.17) is 0 Å². The summed E-state index contributed by atoms with van der Waals surface area (Å²) < 4.78 is 1.12. The Bertz CT molecular complexity index is 473. The van der Waals surface area contributed by atoms with Crippen molar-refractivity contribution < 1.29 is 0 Å². The van der Waals surface area contributed by atoms with E-state index in [1.165, 1.54) is 16.6 Å². The van der Waals surface area contributed by atoms with Crippen molar-refractivity contribution in [3.05, 3.63) is 34.4 Å². The molecule has 0 bridgehead atoms. The van der Waals surface area contributed by atoms with E-state index in [0.717, 1.165) is 4.47 Å². The van der Waals surface area contributed by atoms with Crippen molar-refractivity contribution >= 4 is 26.8 Å². The summed E-state index contributed by atoms with van der Waals surface area (Å²) in [5.74, 6) is 0. The van der Waals surface area contributed by atoms with Gasteiger partial charge in [0.15, 0.2) is 0 Å². The Hall–Kier alpha value is -0.800. The first-order valence-corrected chi connectivity index (χ1v) is 5.82. The fraction of sp³-hybridized carbons (Fsp3) is 0.333. The summed E-state index contributed by atoms with van der Waals surface area (Å²) in [5, 5.41) is 1.26. The summed E-state index contributed by atoms with van der Waals surface area (Å²) in [4.78, 5) is 5.64. The molecule has 0 amide bonds. The minimum Gasteiger partial charge on any atom is -0.357 e. The maximum atomic E-state index is 3.48. The molecule has 0 saturated carbocycles. The third-order valence-electron chi connectivity index (χ3n) is 2.83. The zero-order chi connectivity index (χ0) is 11.0. The smallest absolute Gasteiger partial charge is 0.0464 e. The van der Waals surface area contributed by atoms with E-state index in [1.807, 2.05) is 0 Å². The second kappa shape index (κ2) is 3.99. The van der Waals surface area contributed by atoms with Gasteiger partial charge in [0.2, 0.25) is 0 Å². The third-order valence-corrected chi connectivity index (χ3v) is 3.32. The van der Waals surface area contributed by atoms with Gasteiger partial charge in [0, 0.05) is 27.1 Å². The van der Waals surface area contributed by atoms with Gasteiger partial charge in [-0.2, -0.15) is 0 Å². The van der Waals surface area contributed by atoms with Gasteiger partial charge in [0.05, 0.1) is 0 Å². The molecule has 0 spiro atoms. The minimum atomic E-state index is 0.413. The molecule has 1 unspecified atom stereocenters. The molecule has 80 valence electrons. The van der Waals surface area contributed by atoms with Crippen molar-refractivity contribution in [2.24, 2.45) is 0 Å². The van der Waals surface area contributed by atoms with E-state index in [-0.39, 0.29) is 0 Å². The molecule has 0 radical (unpaired) electrons. The normalized spacial score (nSPS) is 13.7. The molecule has 1 N–H and O–H groups in total. The molecular weight excluding hydrogens is 252 g/mol. The number of rotatable bonds is 2. The van der Waals surface area contributed by atoms with Gasteiger partial charge in [-0.05, 0) is 45.3 Å². The number of fused-ring (bicyclic) bond motifs is 1. The van der Waals surface area contributed by atoms with E-state index >= 15 is 0 Å². The topological polar surface area (TPSA) is 19.0 Å². The number of H-pyrrole nitrogens is 1. The minimum absolute atomic E-state index is 0.413. The van der Waals surface area contributed by atoms with Gasteiger partial charge in [0.25, 0.3) is 0 Å². The van der Waals surface area contributed by atoms with Crippen LogP contribution in [-0.2, 0) is 0 Å². The van der Waals surface area contributed by atoms with E-state index in [9.17, 15) is 0 Å². The Morgan fingerprint density at radius 1 is 1.27 bits per heavy atom. The van der Waals surface area contributed by atoms with Crippen LogP contribution in [0.15, 0.2) is 28.7 Å². The molecule has 15 heavy (non-hydrogen) atoms. The van der Waals surface area contributed by atoms with E-state index in [1.54, 1.807) is 0 Å². The summed E-state index contributed by atoms with van der Waals surface area (Å²) >= 11 is 3.48. The third kappa shape index (κ3) is 2.08. The van der Waals surface area contributed by atoms with Gasteiger partial charge in [-0.25, -0.2) is 0 Å². The standard InChI is InChI=1S/C12H15BrN2/c1-8(15(2)3)12-7-9-6-10(13)4-5-11(9)14-12/h4-8,14H,1-3H3. The van der Waals surface area contributed by atoms with E-state index < -0.39 is 0 Å². The molecule has 0 aliphatic rings.